The van der Waals surface area contributed by atoms with Crippen molar-refractivity contribution in [3.05, 3.63) is 23.3 Å². The molecule has 2 rings (SSSR count). The van der Waals surface area contributed by atoms with Gasteiger partial charge in [0.15, 0.2) is 0 Å². The predicted molar refractivity (Wildman–Crippen MR) is 69.4 cm³/mol. The molecule has 1 aliphatic heterocycles. The van der Waals surface area contributed by atoms with Gasteiger partial charge in [0, 0.05) is 12.6 Å². The van der Waals surface area contributed by atoms with Crippen LogP contribution < -0.4 is 9.47 Å². The van der Waals surface area contributed by atoms with E-state index in [-0.39, 0.29) is 5.91 Å². The van der Waals surface area contributed by atoms with Gasteiger partial charge >= 0.3 is 0 Å². The maximum atomic E-state index is 12.3. The molecule has 0 unspecified atom stereocenters. The molecule has 1 aromatic carbocycles. The van der Waals surface area contributed by atoms with Gasteiger partial charge in [-0.05, 0) is 32.9 Å². The molecule has 18 heavy (non-hydrogen) atoms. The number of rotatable bonds is 1. The Labute approximate surface area is 107 Å². The van der Waals surface area contributed by atoms with Crippen molar-refractivity contribution in [2.45, 2.75) is 26.4 Å². The van der Waals surface area contributed by atoms with E-state index in [1.165, 1.54) is 0 Å². The van der Waals surface area contributed by atoms with Crippen LogP contribution in [-0.4, -0.2) is 37.1 Å². The van der Waals surface area contributed by atoms with E-state index in [4.69, 9.17) is 9.47 Å². The number of fused-ring (bicyclic) bond motifs is 1. The van der Waals surface area contributed by atoms with Crippen LogP contribution in [0.5, 0.6) is 11.5 Å². The molecule has 0 fully saturated rings. The molecule has 0 atom stereocenters. The first kappa shape index (κ1) is 12.7. The standard InChI is InChI=1S/C14H19NO3/c1-9-11(17-5)7-6-10-12(9)18-14(2,3)8-15(4)13(10)16/h6-7H,8H2,1-5H3. The van der Waals surface area contributed by atoms with E-state index >= 15 is 0 Å². The molecular formula is C14H19NO3. The number of carbonyl (C=O) groups is 1. The van der Waals surface area contributed by atoms with Crippen molar-refractivity contribution in [1.82, 2.24) is 4.90 Å². The molecule has 1 aliphatic rings. The van der Waals surface area contributed by atoms with Crippen LogP contribution in [0.4, 0.5) is 0 Å². The number of hydrogen-bond acceptors (Lipinski definition) is 3. The van der Waals surface area contributed by atoms with Crippen molar-refractivity contribution in [2.24, 2.45) is 0 Å². The van der Waals surface area contributed by atoms with Gasteiger partial charge < -0.3 is 14.4 Å². The molecule has 0 N–H and O–H groups in total. The van der Waals surface area contributed by atoms with Gasteiger partial charge in [-0.15, -0.1) is 0 Å². The Bertz CT molecular complexity index is 494. The zero-order valence-corrected chi connectivity index (χ0v) is 11.5. The topological polar surface area (TPSA) is 38.8 Å². The summed E-state index contributed by atoms with van der Waals surface area (Å²) in [6.45, 7) is 6.42. The largest absolute Gasteiger partial charge is 0.496 e. The normalized spacial score (nSPS) is 17.8. The number of carbonyl (C=O) groups excluding carboxylic acids is 1. The third-order valence-electron chi connectivity index (χ3n) is 3.15. The van der Waals surface area contributed by atoms with Crippen LogP contribution in [0, 0.1) is 6.92 Å². The minimum absolute atomic E-state index is 0.0127. The molecule has 0 saturated heterocycles. The Morgan fingerprint density at radius 1 is 1.39 bits per heavy atom. The number of benzene rings is 1. The summed E-state index contributed by atoms with van der Waals surface area (Å²) >= 11 is 0. The maximum absolute atomic E-state index is 12.3. The minimum atomic E-state index is -0.410. The first-order valence-corrected chi connectivity index (χ1v) is 5.98. The van der Waals surface area contributed by atoms with Gasteiger partial charge in [-0.3, -0.25) is 4.79 Å². The highest BCUT2D eigenvalue weighted by Gasteiger charge is 2.33. The smallest absolute Gasteiger partial charge is 0.257 e. The lowest BCUT2D eigenvalue weighted by atomic mass is 10.1. The average molecular weight is 249 g/mol. The summed E-state index contributed by atoms with van der Waals surface area (Å²) in [5.41, 5.74) is 1.06. The summed E-state index contributed by atoms with van der Waals surface area (Å²) in [7, 11) is 3.41. The third-order valence-corrected chi connectivity index (χ3v) is 3.15. The molecule has 98 valence electrons. The van der Waals surface area contributed by atoms with Crippen molar-refractivity contribution in [2.75, 3.05) is 20.7 Å². The Balaban J connectivity index is 2.62. The summed E-state index contributed by atoms with van der Waals surface area (Å²) in [5.74, 6) is 1.36. The maximum Gasteiger partial charge on any atom is 0.257 e. The van der Waals surface area contributed by atoms with Gasteiger partial charge in [0.2, 0.25) is 0 Å². The van der Waals surface area contributed by atoms with Crippen LogP contribution in [0.3, 0.4) is 0 Å². The first-order chi connectivity index (χ1) is 8.35. The lowest BCUT2D eigenvalue weighted by Gasteiger charge is -2.27. The van der Waals surface area contributed by atoms with Crippen molar-refractivity contribution >= 4 is 5.91 Å². The van der Waals surface area contributed by atoms with Gasteiger partial charge in [-0.1, -0.05) is 0 Å². The van der Waals surface area contributed by atoms with E-state index in [0.29, 0.717) is 17.9 Å². The van der Waals surface area contributed by atoms with Crippen LogP contribution in [0.15, 0.2) is 12.1 Å². The van der Waals surface area contributed by atoms with Crippen LogP contribution in [0.1, 0.15) is 29.8 Å². The number of amides is 1. The summed E-state index contributed by atoms with van der Waals surface area (Å²) < 4.78 is 11.3. The first-order valence-electron chi connectivity index (χ1n) is 5.98. The van der Waals surface area contributed by atoms with Gasteiger partial charge in [-0.25, -0.2) is 0 Å². The van der Waals surface area contributed by atoms with E-state index in [1.807, 2.05) is 26.8 Å². The van der Waals surface area contributed by atoms with E-state index in [1.54, 1.807) is 25.1 Å². The van der Waals surface area contributed by atoms with Crippen molar-refractivity contribution < 1.29 is 14.3 Å². The van der Waals surface area contributed by atoms with Gasteiger partial charge in [0.25, 0.3) is 5.91 Å². The van der Waals surface area contributed by atoms with E-state index in [2.05, 4.69) is 0 Å². The second-order valence-electron chi connectivity index (χ2n) is 5.29. The fourth-order valence-corrected chi connectivity index (χ4v) is 2.35. The second kappa shape index (κ2) is 4.19. The molecule has 4 nitrogen and oxygen atoms in total. The Morgan fingerprint density at radius 3 is 2.67 bits per heavy atom. The van der Waals surface area contributed by atoms with Crippen LogP contribution in [0.2, 0.25) is 0 Å². The van der Waals surface area contributed by atoms with Crippen molar-refractivity contribution in [1.29, 1.82) is 0 Å². The molecule has 1 amide bonds. The summed E-state index contributed by atoms with van der Waals surface area (Å²) in [4.78, 5) is 14.0. The third kappa shape index (κ3) is 2.03. The zero-order chi connectivity index (χ0) is 13.5. The molecule has 0 radical (unpaired) electrons. The Hall–Kier alpha value is -1.71. The molecule has 0 spiro atoms. The fourth-order valence-electron chi connectivity index (χ4n) is 2.35. The SMILES string of the molecule is COc1ccc2c(c1C)OC(C)(C)CN(C)C2=O. The zero-order valence-electron chi connectivity index (χ0n) is 11.5. The van der Waals surface area contributed by atoms with Gasteiger partial charge in [0.05, 0.1) is 19.2 Å². The summed E-state index contributed by atoms with van der Waals surface area (Å²) in [5, 5.41) is 0. The molecule has 1 heterocycles. The summed E-state index contributed by atoms with van der Waals surface area (Å²) in [6.07, 6.45) is 0. The molecule has 0 saturated carbocycles. The second-order valence-corrected chi connectivity index (χ2v) is 5.29. The van der Waals surface area contributed by atoms with Crippen LogP contribution >= 0.6 is 0 Å². The highest BCUT2D eigenvalue weighted by Crippen LogP contribution is 2.36. The molecule has 0 aliphatic carbocycles. The van der Waals surface area contributed by atoms with E-state index < -0.39 is 5.60 Å². The predicted octanol–water partition coefficient (Wildman–Crippen LogP) is 2.25. The number of nitrogens with zero attached hydrogens (tertiary/aromatic N) is 1. The number of methoxy groups -OCH3 is 1. The fraction of sp³-hybridized carbons (Fsp3) is 0.500. The number of ether oxygens (including phenoxy) is 2. The van der Waals surface area contributed by atoms with Crippen molar-refractivity contribution in [3.63, 3.8) is 0 Å². The van der Waals surface area contributed by atoms with Gasteiger partial charge in [0.1, 0.15) is 17.1 Å². The number of likely N-dealkylation sites (N-methyl/N-ethyl adjacent to an activating group) is 1. The van der Waals surface area contributed by atoms with Crippen molar-refractivity contribution in [3.8, 4) is 11.5 Å². The monoisotopic (exact) mass is 249 g/mol. The Morgan fingerprint density at radius 2 is 2.06 bits per heavy atom. The molecule has 4 heteroatoms. The quantitative estimate of drug-likeness (QED) is 0.766. The average Bonchev–Trinajstić information content (AvgIpc) is 2.37. The lowest BCUT2D eigenvalue weighted by molar-refractivity contribution is 0.0607. The Kier molecular flexibility index (Phi) is 2.97. The highest BCUT2D eigenvalue weighted by molar-refractivity contribution is 5.98. The number of hydrogen-bond donors (Lipinski definition) is 0. The van der Waals surface area contributed by atoms with E-state index in [9.17, 15) is 4.79 Å². The van der Waals surface area contributed by atoms with Crippen LogP contribution in [0.25, 0.3) is 0 Å². The highest BCUT2D eigenvalue weighted by atomic mass is 16.5. The van der Waals surface area contributed by atoms with Gasteiger partial charge in [-0.2, -0.15) is 0 Å². The molecule has 0 bridgehead atoms. The molecular weight excluding hydrogens is 230 g/mol. The minimum Gasteiger partial charge on any atom is -0.496 e. The summed E-state index contributed by atoms with van der Waals surface area (Å²) in [6, 6.07) is 3.57. The molecule has 1 aromatic rings. The van der Waals surface area contributed by atoms with E-state index in [0.717, 1.165) is 11.3 Å². The molecule has 0 aromatic heterocycles. The van der Waals surface area contributed by atoms with Crippen LogP contribution in [-0.2, 0) is 0 Å². The lowest BCUT2D eigenvalue weighted by Crippen LogP contribution is -2.40.